The average molecular weight is 289 g/mol. The number of aliphatic hydroxyl groups excluding tert-OH is 1. The molecule has 1 saturated carbocycles. The molecule has 0 saturated heterocycles. The van der Waals surface area contributed by atoms with Gasteiger partial charge in [0.2, 0.25) is 5.91 Å². The molecule has 0 aromatic heterocycles. The van der Waals surface area contributed by atoms with E-state index in [0.717, 1.165) is 37.7 Å². The largest absolute Gasteiger partial charge is 0.508 e. The van der Waals surface area contributed by atoms with Crippen LogP contribution >= 0.6 is 0 Å². The van der Waals surface area contributed by atoms with Crippen LogP contribution in [-0.2, 0) is 24.2 Å². The summed E-state index contributed by atoms with van der Waals surface area (Å²) in [6.45, 7) is 0.358. The first-order valence-electron chi connectivity index (χ1n) is 7.95. The molecule has 0 heterocycles. The van der Waals surface area contributed by atoms with E-state index in [1.807, 2.05) is 6.07 Å². The topological polar surface area (TPSA) is 69.6 Å². The summed E-state index contributed by atoms with van der Waals surface area (Å²) >= 11 is 0. The summed E-state index contributed by atoms with van der Waals surface area (Å²) in [6.07, 6.45) is 6.22. The zero-order valence-electron chi connectivity index (χ0n) is 12.3. The Balaban J connectivity index is 1.71. The molecule has 1 aromatic rings. The second-order valence-electron chi connectivity index (χ2n) is 6.23. The summed E-state index contributed by atoms with van der Waals surface area (Å²) in [5.41, 5.74) is 3.35. The lowest BCUT2D eigenvalue weighted by Gasteiger charge is -2.21. The Kier molecular flexibility index (Phi) is 4.15. The normalized spacial score (nSPS) is 24.6. The summed E-state index contributed by atoms with van der Waals surface area (Å²) in [4.78, 5) is 12.2. The van der Waals surface area contributed by atoms with Crippen molar-refractivity contribution in [3.63, 3.8) is 0 Å². The second-order valence-corrected chi connectivity index (χ2v) is 6.23. The number of phenols is 1. The molecule has 0 aliphatic heterocycles. The summed E-state index contributed by atoms with van der Waals surface area (Å²) in [6, 6.07) is 3.73. The van der Waals surface area contributed by atoms with Crippen molar-refractivity contribution in [2.45, 2.75) is 57.6 Å². The van der Waals surface area contributed by atoms with Crippen molar-refractivity contribution in [1.29, 1.82) is 0 Å². The smallest absolute Gasteiger partial charge is 0.225 e. The van der Waals surface area contributed by atoms with Crippen LogP contribution in [0.5, 0.6) is 5.75 Å². The van der Waals surface area contributed by atoms with Gasteiger partial charge in [-0.1, -0.05) is 6.07 Å². The zero-order chi connectivity index (χ0) is 14.8. The van der Waals surface area contributed by atoms with E-state index in [2.05, 4.69) is 5.32 Å². The quantitative estimate of drug-likeness (QED) is 0.797. The molecule has 3 N–H and O–H groups in total. The highest BCUT2D eigenvalue weighted by molar-refractivity contribution is 5.79. The van der Waals surface area contributed by atoms with Gasteiger partial charge >= 0.3 is 0 Å². The van der Waals surface area contributed by atoms with Gasteiger partial charge in [0.1, 0.15) is 5.75 Å². The Bertz CT molecular complexity index is 541. The first kappa shape index (κ1) is 14.4. The molecule has 1 amide bonds. The van der Waals surface area contributed by atoms with E-state index in [0.29, 0.717) is 13.0 Å². The molecule has 2 aliphatic carbocycles. The van der Waals surface area contributed by atoms with Crippen LogP contribution < -0.4 is 5.32 Å². The number of aliphatic hydroxyl groups is 1. The first-order chi connectivity index (χ1) is 10.2. The standard InChI is InChI=1S/C17H23NO3/c19-15-7-3-6-13(15)17(21)18-10-14-12-5-2-1-4-11(12)8-9-16(14)20/h8-9,13,15,19-20H,1-7,10H2,(H,18,21). The van der Waals surface area contributed by atoms with Crippen molar-refractivity contribution < 1.29 is 15.0 Å². The molecule has 3 rings (SSSR count). The number of phenolic OH excluding ortho intramolecular Hbond substituents is 1. The predicted octanol–water partition coefficient (Wildman–Crippen LogP) is 2.05. The van der Waals surface area contributed by atoms with Crippen LogP contribution in [0.2, 0.25) is 0 Å². The third kappa shape index (κ3) is 2.91. The van der Waals surface area contributed by atoms with Crippen molar-refractivity contribution in [2.24, 2.45) is 5.92 Å². The monoisotopic (exact) mass is 289 g/mol. The Morgan fingerprint density at radius 2 is 2.00 bits per heavy atom. The van der Waals surface area contributed by atoms with Gasteiger partial charge in [0, 0.05) is 12.1 Å². The number of nitrogens with one attached hydrogen (secondary N) is 1. The lowest BCUT2D eigenvalue weighted by Crippen LogP contribution is -2.34. The maximum absolute atomic E-state index is 12.2. The van der Waals surface area contributed by atoms with Gasteiger partial charge in [-0.2, -0.15) is 0 Å². The molecule has 1 aromatic carbocycles. The number of rotatable bonds is 3. The molecule has 2 unspecified atom stereocenters. The third-order valence-electron chi connectivity index (χ3n) is 4.88. The highest BCUT2D eigenvalue weighted by Gasteiger charge is 2.31. The van der Waals surface area contributed by atoms with Gasteiger partial charge in [-0.3, -0.25) is 4.79 Å². The van der Waals surface area contributed by atoms with E-state index in [4.69, 9.17) is 0 Å². The van der Waals surface area contributed by atoms with Crippen molar-refractivity contribution in [2.75, 3.05) is 0 Å². The fourth-order valence-electron chi connectivity index (χ4n) is 3.64. The Morgan fingerprint density at radius 3 is 2.76 bits per heavy atom. The molecule has 0 bridgehead atoms. The van der Waals surface area contributed by atoms with E-state index in [1.165, 1.54) is 17.5 Å². The van der Waals surface area contributed by atoms with Crippen LogP contribution in [0, 0.1) is 5.92 Å². The van der Waals surface area contributed by atoms with E-state index in [9.17, 15) is 15.0 Å². The maximum atomic E-state index is 12.2. The number of carbonyl (C=O) groups excluding carboxylic acids is 1. The summed E-state index contributed by atoms with van der Waals surface area (Å²) in [5.74, 6) is -0.109. The van der Waals surface area contributed by atoms with Gasteiger partial charge in [0.25, 0.3) is 0 Å². The lowest BCUT2D eigenvalue weighted by atomic mass is 9.87. The van der Waals surface area contributed by atoms with Crippen LogP contribution in [0.25, 0.3) is 0 Å². The van der Waals surface area contributed by atoms with Crippen LogP contribution in [0.15, 0.2) is 12.1 Å². The fraction of sp³-hybridized carbons (Fsp3) is 0.588. The predicted molar refractivity (Wildman–Crippen MR) is 79.9 cm³/mol. The number of carbonyl (C=O) groups is 1. The molecule has 2 atom stereocenters. The summed E-state index contributed by atoms with van der Waals surface area (Å²) in [7, 11) is 0. The number of fused-ring (bicyclic) bond motifs is 1. The van der Waals surface area contributed by atoms with Gasteiger partial charge in [-0.05, 0) is 62.1 Å². The molecule has 4 heteroatoms. The van der Waals surface area contributed by atoms with E-state index in [-0.39, 0.29) is 17.6 Å². The molecular formula is C17H23NO3. The second kappa shape index (κ2) is 6.06. The number of aryl methyl sites for hydroxylation is 1. The highest BCUT2D eigenvalue weighted by Crippen LogP contribution is 2.31. The third-order valence-corrected chi connectivity index (χ3v) is 4.88. The number of amides is 1. The number of hydrogen-bond donors (Lipinski definition) is 3. The van der Waals surface area contributed by atoms with E-state index >= 15 is 0 Å². The Morgan fingerprint density at radius 1 is 1.19 bits per heavy atom. The molecule has 21 heavy (non-hydrogen) atoms. The van der Waals surface area contributed by atoms with E-state index in [1.54, 1.807) is 6.07 Å². The molecule has 1 fully saturated rings. The minimum absolute atomic E-state index is 0.0900. The minimum Gasteiger partial charge on any atom is -0.508 e. The maximum Gasteiger partial charge on any atom is 0.225 e. The molecule has 0 radical (unpaired) electrons. The summed E-state index contributed by atoms with van der Waals surface area (Å²) in [5, 5.41) is 22.8. The Hall–Kier alpha value is -1.55. The van der Waals surface area contributed by atoms with Crippen LogP contribution in [-0.4, -0.2) is 22.2 Å². The fourth-order valence-corrected chi connectivity index (χ4v) is 3.64. The molecular weight excluding hydrogens is 266 g/mol. The number of aromatic hydroxyl groups is 1. The van der Waals surface area contributed by atoms with Gasteiger partial charge < -0.3 is 15.5 Å². The first-order valence-corrected chi connectivity index (χ1v) is 7.95. The van der Waals surface area contributed by atoms with Crippen molar-refractivity contribution in [3.8, 4) is 5.75 Å². The SMILES string of the molecule is O=C(NCc1c(O)ccc2c1CCCC2)C1CCCC1O. The minimum atomic E-state index is -0.511. The molecule has 2 aliphatic rings. The molecule has 0 spiro atoms. The van der Waals surface area contributed by atoms with Gasteiger partial charge in [-0.25, -0.2) is 0 Å². The van der Waals surface area contributed by atoms with Gasteiger partial charge in [0.15, 0.2) is 0 Å². The molecule has 114 valence electrons. The van der Waals surface area contributed by atoms with E-state index < -0.39 is 6.10 Å². The summed E-state index contributed by atoms with van der Waals surface area (Å²) < 4.78 is 0. The van der Waals surface area contributed by atoms with Crippen molar-refractivity contribution >= 4 is 5.91 Å². The van der Waals surface area contributed by atoms with Gasteiger partial charge in [0.05, 0.1) is 12.0 Å². The average Bonchev–Trinajstić information content (AvgIpc) is 2.92. The van der Waals surface area contributed by atoms with Crippen molar-refractivity contribution in [3.05, 3.63) is 28.8 Å². The van der Waals surface area contributed by atoms with Crippen LogP contribution in [0.4, 0.5) is 0 Å². The highest BCUT2D eigenvalue weighted by atomic mass is 16.3. The van der Waals surface area contributed by atoms with Crippen LogP contribution in [0.1, 0.15) is 48.8 Å². The molecule has 4 nitrogen and oxygen atoms in total. The van der Waals surface area contributed by atoms with Gasteiger partial charge in [-0.15, -0.1) is 0 Å². The number of hydrogen-bond acceptors (Lipinski definition) is 3. The van der Waals surface area contributed by atoms with Crippen molar-refractivity contribution in [1.82, 2.24) is 5.32 Å². The van der Waals surface area contributed by atoms with Crippen LogP contribution in [0.3, 0.4) is 0 Å². The number of benzene rings is 1. The zero-order valence-corrected chi connectivity index (χ0v) is 12.3. The Labute approximate surface area is 125 Å². The lowest BCUT2D eigenvalue weighted by molar-refractivity contribution is -0.127.